The highest BCUT2D eigenvalue weighted by molar-refractivity contribution is 7.18. The molecule has 0 atom stereocenters. The molecule has 7 heteroatoms. The number of fused-ring (bicyclic) bond motifs is 1. The Labute approximate surface area is 180 Å². The number of carbonyl (C=O) groups excluding carboxylic acids is 1. The van der Waals surface area contributed by atoms with Gasteiger partial charge in [0.05, 0.1) is 5.39 Å². The summed E-state index contributed by atoms with van der Waals surface area (Å²) >= 11 is 1.77. The molecule has 0 bridgehead atoms. The van der Waals surface area contributed by atoms with Crippen LogP contribution in [-0.4, -0.2) is 47.1 Å². The van der Waals surface area contributed by atoms with E-state index in [4.69, 9.17) is 9.97 Å². The van der Waals surface area contributed by atoms with Crippen LogP contribution in [0.2, 0.25) is 0 Å². The Bertz CT molecular complexity index is 1110. The highest BCUT2D eigenvalue weighted by Gasteiger charge is 2.30. The van der Waals surface area contributed by atoms with Crippen LogP contribution in [0.15, 0.2) is 24.3 Å². The number of piperazine rings is 1. The molecule has 0 spiro atoms. The van der Waals surface area contributed by atoms with Crippen molar-refractivity contribution < 1.29 is 4.79 Å². The highest BCUT2D eigenvalue weighted by atomic mass is 32.1. The van der Waals surface area contributed by atoms with Gasteiger partial charge in [0.2, 0.25) is 0 Å². The van der Waals surface area contributed by atoms with E-state index >= 15 is 0 Å². The van der Waals surface area contributed by atoms with Gasteiger partial charge in [-0.15, -0.1) is 11.3 Å². The molecule has 156 valence electrons. The van der Waals surface area contributed by atoms with Gasteiger partial charge in [0.25, 0.3) is 0 Å². The molecule has 1 N–H and O–H groups in total. The number of hydrogen-bond donors (Lipinski definition) is 1. The van der Waals surface area contributed by atoms with Crippen molar-refractivity contribution in [3.05, 3.63) is 46.1 Å². The number of aromatic nitrogens is 2. The molecule has 30 heavy (non-hydrogen) atoms. The summed E-state index contributed by atoms with van der Waals surface area (Å²) in [6.07, 6.45) is 2.39. The van der Waals surface area contributed by atoms with E-state index in [-0.39, 0.29) is 6.03 Å². The second kappa shape index (κ2) is 7.54. The minimum Gasteiger partial charge on any atom is -0.352 e. The molecule has 2 aliphatic rings. The summed E-state index contributed by atoms with van der Waals surface area (Å²) in [6.45, 7) is 9.30. The van der Waals surface area contributed by atoms with Crippen LogP contribution in [0.5, 0.6) is 0 Å². The SMILES string of the molecule is Cc1cccc(NC(=O)N2CCN(c3nc(C4CC4)nc4sc(C)c(C)c34)CC2)c1. The zero-order chi connectivity index (χ0) is 20.8. The summed E-state index contributed by atoms with van der Waals surface area (Å²) in [6, 6.07) is 7.88. The summed E-state index contributed by atoms with van der Waals surface area (Å²) < 4.78 is 0. The zero-order valence-corrected chi connectivity index (χ0v) is 18.6. The molecule has 1 saturated carbocycles. The van der Waals surface area contributed by atoms with Crippen molar-refractivity contribution in [2.45, 2.75) is 39.5 Å². The van der Waals surface area contributed by atoms with E-state index < -0.39 is 0 Å². The number of hydrogen-bond acceptors (Lipinski definition) is 5. The van der Waals surface area contributed by atoms with Crippen molar-refractivity contribution in [1.82, 2.24) is 14.9 Å². The third kappa shape index (κ3) is 3.62. The Morgan fingerprint density at radius 1 is 1.10 bits per heavy atom. The van der Waals surface area contributed by atoms with E-state index in [1.165, 1.54) is 28.7 Å². The van der Waals surface area contributed by atoms with Crippen LogP contribution in [0.4, 0.5) is 16.3 Å². The van der Waals surface area contributed by atoms with Crippen molar-refractivity contribution in [2.75, 3.05) is 36.4 Å². The van der Waals surface area contributed by atoms with E-state index in [0.717, 1.165) is 40.8 Å². The van der Waals surface area contributed by atoms with Crippen LogP contribution < -0.4 is 10.2 Å². The van der Waals surface area contributed by atoms with E-state index in [2.05, 4.69) is 24.1 Å². The summed E-state index contributed by atoms with van der Waals surface area (Å²) in [4.78, 5) is 29.3. The fourth-order valence-electron chi connectivity index (χ4n) is 4.04. The second-order valence-electron chi connectivity index (χ2n) is 8.42. The second-order valence-corrected chi connectivity index (χ2v) is 9.62. The normalized spacial score (nSPS) is 16.9. The number of thiophene rings is 1. The van der Waals surface area contributed by atoms with Gasteiger partial charge in [0.1, 0.15) is 16.5 Å². The number of anilines is 2. The van der Waals surface area contributed by atoms with E-state index in [1.54, 1.807) is 11.3 Å². The minimum absolute atomic E-state index is 0.0330. The molecular formula is C23H27N5OS. The molecule has 5 rings (SSSR count). The summed E-state index contributed by atoms with van der Waals surface area (Å²) in [7, 11) is 0. The third-order valence-electron chi connectivity index (χ3n) is 6.11. The van der Waals surface area contributed by atoms with Crippen molar-refractivity contribution in [3.63, 3.8) is 0 Å². The van der Waals surface area contributed by atoms with Gasteiger partial charge in [0.15, 0.2) is 0 Å². The predicted octanol–water partition coefficient (Wildman–Crippen LogP) is 4.85. The standard InChI is InChI=1S/C23H27N5OS/c1-14-5-4-6-18(13-14)24-23(29)28-11-9-27(10-12-28)21-19-15(2)16(3)30-22(19)26-20(25-21)17-7-8-17/h4-6,13,17H,7-12H2,1-3H3,(H,24,29). The van der Waals surface area contributed by atoms with Crippen molar-refractivity contribution in [3.8, 4) is 0 Å². The number of urea groups is 1. The summed E-state index contributed by atoms with van der Waals surface area (Å²) in [5.41, 5.74) is 3.27. The Morgan fingerprint density at radius 2 is 1.87 bits per heavy atom. The molecule has 0 unspecified atom stereocenters. The first-order valence-electron chi connectivity index (χ1n) is 10.6. The molecular weight excluding hydrogens is 394 g/mol. The lowest BCUT2D eigenvalue weighted by molar-refractivity contribution is 0.208. The molecule has 1 aliphatic heterocycles. The van der Waals surface area contributed by atoms with Gasteiger partial charge in [-0.05, 0) is 56.9 Å². The van der Waals surface area contributed by atoms with Gasteiger partial charge in [-0.3, -0.25) is 0 Å². The first-order valence-corrected chi connectivity index (χ1v) is 11.5. The van der Waals surface area contributed by atoms with Crippen LogP contribution in [-0.2, 0) is 0 Å². The minimum atomic E-state index is -0.0330. The molecule has 2 aromatic heterocycles. The number of rotatable bonds is 3. The molecule has 1 aliphatic carbocycles. The van der Waals surface area contributed by atoms with Crippen LogP contribution >= 0.6 is 11.3 Å². The van der Waals surface area contributed by atoms with E-state index in [0.29, 0.717) is 19.0 Å². The number of amides is 2. The molecule has 2 amide bonds. The van der Waals surface area contributed by atoms with Gasteiger partial charge in [0, 0.05) is 42.7 Å². The zero-order valence-electron chi connectivity index (χ0n) is 17.7. The predicted molar refractivity (Wildman–Crippen MR) is 123 cm³/mol. The van der Waals surface area contributed by atoms with Gasteiger partial charge >= 0.3 is 6.03 Å². The molecule has 0 radical (unpaired) electrons. The molecule has 6 nitrogen and oxygen atoms in total. The smallest absolute Gasteiger partial charge is 0.321 e. The fraction of sp³-hybridized carbons (Fsp3) is 0.435. The van der Waals surface area contributed by atoms with E-state index in [1.807, 2.05) is 36.1 Å². The van der Waals surface area contributed by atoms with Crippen LogP contribution in [0, 0.1) is 20.8 Å². The third-order valence-corrected chi connectivity index (χ3v) is 7.21. The Kier molecular flexibility index (Phi) is 4.85. The maximum Gasteiger partial charge on any atom is 0.321 e. The van der Waals surface area contributed by atoms with Crippen molar-refractivity contribution in [1.29, 1.82) is 0 Å². The van der Waals surface area contributed by atoms with Crippen molar-refractivity contribution >= 4 is 39.1 Å². The van der Waals surface area contributed by atoms with Gasteiger partial charge < -0.3 is 15.1 Å². The fourth-order valence-corrected chi connectivity index (χ4v) is 5.07. The summed E-state index contributed by atoms with van der Waals surface area (Å²) in [5.74, 6) is 2.58. The monoisotopic (exact) mass is 421 g/mol. The number of nitrogens with one attached hydrogen (secondary N) is 1. The molecule has 3 aromatic rings. The number of benzene rings is 1. The van der Waals surface area contributed by atoms with Crippen LogP contribution in [0.25, 0.3) is 10.2 Å². The first-order chi connectivity index (χ1) is 14.5. The lowest BCUT2D eigenvalue weighted by Gasteiger charge is -2.35. The van der Waals surface area contributed by atoms with Crippen molar-refractivity contribution in [2.24, 2.45) is 0 Å². The van der Waals surface area contributed by atoms with Gasteiger partial charge in [-0.1, -0.05) is 12.1 Å². The largest absolute Gasteiger partial charge is 0.352 e. The molecule has 1 saturated heterocycles. The Morgan fingerprint density at radius 3 is 2.57 bits per heavy atom. The maximum absolute atomic E-state index is 12.7. The van der Waals surface area contributed by atoms with Crippen LogP contribution in [0.1, 0.15) is 40.6 Å². The lowest BCUT2D eigenvalue weighted by Crippen LogP contribution is -2.50. The molecule has 2 fully saturated rings. The molecule has 3 heterocycles. The highest BCUT2D eigenvalue weighted by Crippen LogP contribution is 2.42. The maximum atomic E-state index is 12.7. The number of aryl methyl sites for hydroxylation is 3. The quantitative estimate of drug-likeness (QED) is 0.657. The Balaban J connectivity index is 1.34. The average Bonchev–Trinajstić information content (AvgIpc) is 3.54. The average molecular weight is 422 g/mol. The summed E-state index contributed by atoms with van der Waals surface area (Å²) in [5, 5.41) is 4.22. The van der Waals surface area contributed by atoms with Crippen LogP contribution in [0.3, 0.4) is 0 Å². The number of nitrogens with zero attached hydrogens (tertiary/aromatic N) is 4. The van der Waals surface area contributed by atoms with E-state index in [9.17, 15) is 4.79 Å². The topological polar surface area (TPSA) is 61.4 Å². The first kappa shape index (κ1) is 19.3. The van der Waals surface area contributed by atoms with Gasteiger partial charge in [-0.2, -0.15) is 0 Å². The Hall–Kier alpha value is -2.67. The van der Waals surface area contributed by atoms with Gasteiger partial charge in [-0.25, -0.2) is 14.8 Å². The lowest BCUT2D eigenvalue weighted by atomic mass is 10.2. The molecule has 1 aromatic carbocycles. The number of carbonyl (C=O) groups is 1.